The summed E-state index contributed by atoms with van der Waals surface area (Å²) in [4.78, 5) is 27.0. The van der Waals surface area contributed by atoms with Gasteiger partial charge in [-0.25, -0.2) is 9.48 Å². The molecule has 278 valence electrons. The number of carbonyl (C=O) groups is 2. The van der Waals surface area contributed by atoms with Crippen LogP contribution in [-0.2, 0) is 25.7 Å². The average molecular weight is 743 g/mol. The van der Waals surface area contributed by atoms with Crippen molar-refractivity contribution in [2.45, 2.75) is 125 Å². The van der Waals surface area contributed by atoms with Crippen molar-refractivity contribution in [3.8, 4) is 5.69 Å². The maximum Gasteiger partial charge on any atom is 0.334 e. The number of hydrogen-bond donors (Lipinski definition) is 2. The second-order valence-corrected chi connectivity index (χ2v) is 17.5. The largest absolute Gasteiger partial charge is 0.458 e. The lowest BCUT2D eigenvalue weighted by Crippen LogP contribution is -2.65. The molecular formula is C40H53Cl2N3O6. The van der Waals surface area contributed by atoms with E-state index in [9.17, 15) is 19.8 Å². The van der Waals surface area contributed by atoms with Gasteiger partial charge in [-0.15, -0.1) is 5.10 Å². The smallest absolute Gasteiger partial charge is 0.334 e. The van der Waals surface area contributed by atoms with Crippen LogP contribution >= 0.6 is 23.2 Å². The highest BCUT2D eigenvalue weighted by molar-refractivity contribution is 6.42. The third kappa shape index (κ3) is 6.70. The first-order valence-corrected chi connectivity index (χ1v) is 19.2. The van der Waals surface area contributed by atoms with Gasteiger partial charge < -0.3 is 19.7 Å². The van der Waals surface area contributed by atoms with Crippen molar-refractivity contribution in [3.63, 3.8) is 0 Å². The van der Waals surface area contributed by atoms with Crippen LogP contribution < -0.4 is 0 Å². The molecule has 0 radical (unpaired) electrons. The number of halogens is 2. The Hall–Kier alpha value is -2.72. The van der Waals surface area contributed by atoms with Crippen molar-refractivity contribution in [1.82, 2.24) is 15.0 Å². The van der Waals surface area contributed by atoms with E-state index in [0.717, 1.165) is 36.8 Å². The molecule has 0 amide bonds. The number of allylic oxidation sites excluding steroid dienone is 2. The van der Waals surface area contributed by atoms with Crippen molar-refractivity contribution in [1.29, 1.82) is 0 Å². The summed E-state index contributed by atoms with van der Waals surface area (Å²) in [6, 6.07) is 5.13. The number of rotatable bonds is 8. The van der Waals surface area contributed by atoms with Crippen LogP contribution in [0.1, 0.15) is 106 Å². The van der Waals surface area contributed by atoms with Crippen molar-refractivity contribution in [2.24, 2.45) is 39.9 Å². The van der Waals surface area contributed by atoms with Gasteiger partial charge in [-0.05, 0) is 129 Å². The molecule has 1 aromatic carbocycles. The topological polar surface area (TPSA) is 124 Å². The van der Waals surface area contributed by atoms with Crippen LogP contribution in [0, 0.1) is 39.9 Å². The molecule has 4 fully saturated rings. The van der Waals surface area contributed by atoms with Crippen molar-refractivity contribution < 1.29 is 29.3 Å². The summed E-state index contributed by atoms with van der Waals surface area (Å²) in [7, 11) is 0. The van der Waals surface area contributed by atoms with Crippen LogP contribution in [0.25, 0.3) is 5.69 Å². The van der Waals surface area contributed by atoms with E-state index >= 15 is 0 Å². The number of carbonyl (C=O) groups excluding carboxylic acids is 2. The first kappa shape index (κ1) is 38.0. The minimum atomic E-state index is -0.610. The molecule has 0 saturated heterocycles. The third-order valence-electron chi connectivity index (χ3n) is 13.6. The molecule has 6 rings (SSSR count). The van der Waals surface area contributed by atoms with Gasteiger partial charge in [-0.2, -0.15) is 0 Å². The van der Waals surface area contributed by atoms with Gasteiger partial charge in [0.05, 0.1) is 34.1 Å². The van der Waals surface area contributed by atoms with Gasteiger partial charge in [0.15, 0.2) is 0 Å². The zero-order chi connectivity index (χ0) is 37.0. The van der Waals surface area contributed by atoms with Crippen LogP contribution in [0.5, 0.6) is 0 Å². The fourth-order valence-electron chi connectivity index (χ4n) is 11.1. The molecule has 1 aromatic heterocycles. The highest BCUT2D eigenvalue weighted by Crippen LogP contribution is 2.74. The van der Waals surface area contributed by atoms with E-state index in [4.69, 9.17) is 32.7 Å². The van der Waals surface area contributed by atoms with E-state index in [0.29, 0.717) is 58.6 Å². The average Bonchev–Trinajstić information content (AvgIpc) is 3.64. The molecule has 4 saturated carbocycles. The Morgan fingerprint density at radius 3 is 2.47 bits per heavy atom. The van der Waals surface area contributed by atoms with Gasteiger partial charge in [0.25, 0.3) is 0 Å². The number of aliphatic hydroxyl groups is 2. The highest BCUT2D eigenvalue weighted by Gasteiger charge is 2.70. The number of fused-ring (bicyclic) bond motifs is 5. The highest BCUT2D eigenvalue weighted by atomic mass is 35.5. The number of esters is 2. The predicted octanol–water partition coefficient (Wildman–Crippen LogP) is 8.21. The number of benzene rings is 1. The third-order valence-corrected chi connectivity index (χ3v) is 14.4. The second kappa shape index (κ2) is 14.3. The number of nitrogens with zero attached hydrogens (tertiary/aromatic N) is 3. The second-order valence-electron chi connectivity index (χ2n) is 16.7. The number of hydrogen-bond acceptors (Lipinski definition) is 8. The van der Waals surface area contributed by atoms with Gasteiger partial charge in [0.2, 0.25) is 0 Å². The predicted molar refractivity (Wildman–Crippen MR) is 196 cm³/mol. The summed E-state index contributed by atoms with van der Waals surface area (Å²) in [5.74, 6) is -0.569. The summed E-state index contributed by atoms with van der Waals surface area (Å²) >= 11 is 12.3. The molecule has 10 atom stereocenters. The molecule has 0 spiro atoms. The van der Waals surface area contributed by atoms with E-state index in [-0.39, 0.29) is 46.7 Å². The Morgan fingerprint density at radius 2 is 1.78 bits per heavy atom. The normalized spacial score (nSPS) is 36.7. The SMILES string of the molecule is CC(=O)O[C@H]1C[C@@]2(C)[C@@H](C[C@@H](O)[C@H]3[C@@]4(C)CC[C@@H](O)[C@@H](C)[C@@H]4CC[C@@]32C)/C1=C(\CCC=C(C)C)C(=O)OCc1cn(-c2ccc(Cl)c(Cl)c2)nn1. The summed E-state index contributed by atoms with van der Waals surface area (Å²) in [6.45, 7) is 14.5. The summed E-state index contributed by atoms with van der Waals surface area (Å²) < 4.78 is 13.6. The maximum atomic E-state index is 14.3. The summed E-state index contributed by atoms with van der Waals surface area (Å²) in [5, 5.41) is 32.3. The van der Waals surface area contributed by atoms with E-state index < -0.39 is 24.1 Å². The van der Waals surface area contributed by atoms with E-state index in [1.165, 1.54) is 6.92 Å². The minimum Gasteiger partial charge on any atom is -0.458 e. The molecule has 0 aliphatic heterocycles. The molecule has 1 heterocycles. The molecule has 9 nitrogen and oxygen atoms in total. The maximum absolute atomic E-state index is 14.3. The minimum absolute atomic E-state index is 0.0106. The number of ether oxygens (including phenoxy) is 2. The van der Waals surface area contributed by atoms with Crippen molar-refractivity contribution in [3.05, 3.63) is 62.9 Å². The number of aromatic nitrogens is 3. The Bertz CT molecular complexity index is 1740. The lowest BCUT2D eigenvalue weighted by molar-refractivity contribution is -0.234. The van der Waals surface area contributed by atoms with Crippen LogP contribution in [0.2, 0.25) is 10.0 Å². The Kier molecular flexibility index (Phi) is 10.6. The lowest BCUT2D eigenvalue weighted by atomic mass is 9.36. The summed E-state index contributed by atoms with van der Waals surface area (Å²) in [6.07, 6.45) is 7.76. The molecule has 0 unspecified atom stereocenters. The van der Waals surface area contributed by atoms with E-state index in [2.05, 4.69) is 44.1 Å². The first-order chi connectivity index (χ1) is 24.0. The van der Waals surface area contributed by atoms with Crippen LogP contribution in [0.4, 0.5) is 0 Å². The lowest BCUT2D eigenvalue weighted by Gasteiger charge is -2.69. The Labute approximate surface area is 311 Å². The zero-order valence-corrected chi connectivity index (χ0v) is 32.4. The van der Waals surface area contributed by atoms with Gasteiger partial charge in [-0.1, -0.05) is 67.8 Å². The molecule has 2 N–H and O–H groups in total. The molecule has 11 heteroatoms. The van der Waals surface area contributed by atoms with Crippen LogP contribution in [-0.4, -0.2) is 55.5 Å². The molecular weight excluding hydrogens is 689 g/mol. The van der Waals surface area contributed by atoms with Crippen LogP contribution in [0.3, 0.4) is 0 Å². The molecule has 51 heavy (non-hydrogen) atoms. The van der Waals surface area contributed by atoms with E-state index in [1.54, 1.807) is 29.1 Å². The Balaban J connectivity index is 1.36. The van der Waals surface area contributed by atoms with Gasteiger partial charge >= 0.3 is 11.9 Å². The quantitative estimate of drug-likeness (QED) is 0.158. The zero-order valence-electron chi connectivity index (χ0n) is 30.9. The standard InChI is InChI=1S/C40H53Cl2N3O6/c1-22(2)9-8-10-27(37(49)50-21-25-20-45(44-43-25)26-11-12-30(41)31(42)17-26)35-29-18-33(48)36-38(5)15-14-32(47)23(3)28(38)13-16-39(36,6)40(29,7)19-34(35)51-24(4)46/h9,11-12,17,20,23,28-29,32-34,36,47-48H,8,10,13-16,18-19,21H2,1-7H3/b35-27-/t23-,28-,29-,32+,33+,34-,36-,38-,39-,40-/m0/s1. The van der Waals surface area contributed by atoms with Gasteiger partial charge in [0, 0.05) is 12.5 Å². The molecule has 2 aromatic rings. The molecule has 0 bridgehead atoms. The van der Waals surface area contributed by atoms with Crippen molar-refractivity contribution >= 4 is 35.1 Å². The first-order valence-electron chi connectivity index (χ1n) is 18.4. The molecule has 4 aliphatic rings. The monoisotopic (exact) mass is 741 g/mol. The van der Waals surface area contributed by atoms with Gasteiger partial charge in [-0.3, -0.25) is 4.79 Å². The Morgan fingerprint density at radius 1 is 1.04 bits per heavy atom. The van der Waals surface area contributed by atoms with E-state index in [1.807, 2.05) is 13.8 Å². The summed E-state index contributed by atoms with van der Waals surface area (Å²) in [5.41, 5.74) is 2.77. The van der Waals surface area contributed by atoms with Crippen molar-refractivity contribution in [2.75, 3.05) is 0 Å². The van der Waals surface area contributed by atoms with Gasteiger partial charge in [0.1, 0.15) is 18.4 Å². The number of aliphatic hydroxyl groups excluding tert-OH is 2. The van der Waals surface area contributed by atoms with Crippen LogP contribution in [0.15, 0.2) is 47.2 Å². The molecule has 4 aliphatic carbocycles. The fraction of sp³-hybridized carbons (Fsp3) is 0.650. The fourth-order valence-corrected chi connectivity index (χ4v) is 11.4.